The van der Waals surface area contributed by atoms with Crippen molar-refractivity contribution in [2.75, 3.05) is 29.6 Å². The lowest BCUT2D eigenvalue weighted by Crippen LogP contribution is -2.15. The number of carbonyl (C=O) groups excluding carboxylic acids is 1. The summed E-state index contributed by atoms with van der Waals surface area (Å²) in [6.07, 6.45) is 6.90. The Morgan fingerprint density at radius 2 is 2.11 bits per heavy atom. The first-order valence-corrected chi connectivity index (χ1v) is 8.11. The molecule has 0 atom stereocenters. The van der Waals surface area contributed by atoms with Crippen LogP contribution in [0.15, 0.2) is 0 Å². The Kier molecular flexibility index (Phi) is 6.89. The highest BCUT2D eigenvalue weighted by atomic mass is 32.2. The molecule has 0 aliphatic rings. The van der Waals surface area contributed by atoms with Gasteiger partial charge >= 0.3 is 0 Å². The molecule has 0 unspecified atom stereocenters. The molecule has 0 bridgehead atoms. The van der Waals surface area contributed by atoms with Gasteiger partial charge in [-0.15, -0.1) is 0 Å². The molecule has 0 fully saturated rings. The maximum Gasteiger partial charge on any atom is 0.255 e. The fourth-order valence-electron chi connectivity index (χ4n) is 1.59. The third-order valence-corrected chi connectivity index (χ3v) is 4.04. The van der Waals surface area contributed by atoms with Crippen LogP contribution in [0.3, 0.4) is 0 Å². The SMILES string of the molecule is CSCCCCCCNc1snc(N)c1C(N)=O. The summed E-state index contributed by atoms with van der Waals surface area (Å²) in [6.45, 7) is 0.821. The van der Waals surface area contributed by atoms with Gasteiger partial charge in [0.15, 0.2) is 5.82 Å². The molecule has 0 saturated heterocycles. The second-order valence-electron chi connectivity index (χ2n) is 3.97. The van der Waals surface area contributed by atoms with E-state index in [2.05, 4.69) is 15.9 Å². The van der Waals surface area contributed by atoms with Crippen LogP contribution in [-0.4, -0.2) is 28.8 Å². The number of anilines is 2. The second-order valence-corrected chi connectivity index (χ2v) is 5.73. The molecule has 0 radical (unpaired) electrons. The number of nitrogens with zero attached hydrogens (tertiary/aromatic N) is 1. The number of hydrogen-bond donors (Lipinski definition) is 3. The summed E-state index contributed by atoms with van der Waals surface area (Å²) in [6, 6.07) is 0. The Labute approximate surface area is 116 Å². The van der Waals surface area contributed by atoms with Crippen molar-refractivity contribution in [2.24, 2.45) is 5.73 Å². The molecule has 1 rings (SSSR count). The molecule has 0 aliphatic heterocycles. The minimum Gasteiger partial charge on any atom is -0.382 e. The molecule has 5 N–H and O–H groups in total. The Bertz CT molecular complexity index is 381. The van der Waals surface area contributed by atoms with Crippen molar-refractivity contribution in [2.45, 2.75) is 25.7 Å². The highest BCUT2D eigenvalue weighted by molar-refractivity contribution is 7.98. The van der Waals surface area contributed by atoms with Gasteiger partial charge in [-0.1, -0.05) is 12.8 Å². The maximum absolute atomic E-state index is 11.2. The van der Waals surface area contributed by atoms with E-state index in [4.69, 9.17) is 11.5 Å². The quantitative estimate of drug-likeness (QED) is 0.605. The monoisotopic (exact) mass is 288 g/mol. The van der Waals surface area contributed by atoms with E-state index < -0.39 is 5.91 Å². The largest absolute Gasteiger partial charge is 0.382 e. The van der Waals surface area contributed by atoms with E-state index in [1.54, 1.807) is 0 Å². The summed E-state index contributed by atoms with van der Waals surface area (Å²) in [7, 11) is 0. The summed E-state index contributed by atoms with van der Waals surface area (Å²) in [5.74, 6) is 0.920. The van der Waals surface area contributed by atoms with Gasteiger partial charge in [0, 0.05) is 6.54 Å². The molecule has 102 valence electrons. The fourth-order valence-corrected chi connectivity index (χ4v) is 2.82. The lowest BCUT2D eigenvalue weighted by atomic mass is 10.2. The topological polar surface area (TPSA) is 94.0 Å². The lowest BCUT2D eigenvalue weighted by Gasteiger charge is -2.05. The summed E-state index contributed by atoms with van der Waals surface area (Å²) >= 11 is 3.07. The Hall–Kier alpha value is -0.950. The number of amides is 1. The molecule has 0 aliphatic carbocycles. The molecule has 0 spiro atoms. The zero-order chi connectivity index (χ0) is 13.4. The number of carbonyl (C=O) groups is 1. The Morgan fingerprint density at radius 3 is 2.78 bits per heavy atom. The molecule has 5 nitrogen and oxygen atoms in total. The minimum atomic E-state index is -0.524. The Morgan fingerprint density at radius 1 is 1.39 bits per heavy atom. The van der Waals surface area contributed by atoms with E-state index in [1.807, 2.05) is 11.8 Å². The average Bonchev–Trinajstić information content (AvgIpc) is 2.69. The van der Waals surface area contributed by atoms with Crippen LogP contribution in [0.4, 0.5) is 10.8 Å². The Balaban J connectivity index is 2.25. The van der Waals surface area contributed by atoms with Crippen LogP contribution in [0.2, 0.25) is 0 Å². The molecule has 0 saturated carbocycles. The average molecular weight is 288 g/mol. The molecular weight excluding hydrogens is 268 g/mol. The van der Waals surface area contributed by atoms with Crippen LogP contribution in [-0.2, 0) is 0 Å². The smallest absolute Gasteiger partial charge is 0.255 e. The molecule has 0 aromatic carbocycles. The second kappa shape index (κ2) is 8.20. The first kappa shape index (κ1) is 15.1. The normalized spacial score (nSPS) is 10.5. The van der Waals surface area contributed by atoms with E-state index >= 15 is 0 Å². The molecular formula is C11H20N4OS2. The van der Waals surface area contributed by atoms with Gasteiger partial charge in [-0.3, -0.25) is 4.79 Å². The van der Waals surface area contributed by atoms with Crippen LogP contribution < -0.4 is 16.8 Å². The zero-order valence-corrected chi connectivity index (χ0v) is 12.2. The van der Waals surface area contributed by atoms with Gasteiger partial charge in [-0.05, 0) is 36.4 Å². The summed E-state index contributed by atoms with van der Waals surface area (Å²) in [5.41, 5.74) is 11.2. The van der Waals surface area contributed by atoms with E-state index in [1.165, 1.54) is 36.5 Å². The van der Waals surface area contributed by atoms with Crippen molar-refractivity contribution in [1.82, 2.24) is 4.37 Å². The van der Waals surface area contributed by atoms with Crippen LogP contribution in [0.5, 0.6) is 0 Å². The third kappa shape index (κ3) is 4.73. The van der Waals surface area contributed by atoms with Crippen molar-refractivity contribution < 1.29 is 4.79 Å². The van der Waals surface area contributed by atoms with Crippen LogP contribution >= 0.6 is 23.3 Å². The number of primary amides is 1. The highest BCUT2D eigenvalue weighted by Gasteiger charge is 2.15. The van der Waals surface area contributed by atoms with E-state index in [0.717, 1.165) is 13.0 Å². The van der Waals surface area contributed by atoms with Crippen molar-refractivity contribution in [1.29, 1.82) is 0 Å². The molecule has 1 aromatic rings. The summed E-state index contributed by atoms with van der Waals surface area (Å²) in [5, 5.41) is 3.86. The van der Waals surface area contributed by atoms with Crippen molar-refractivity contribution in [3.05, 3.63) is 5.56 Å². The molecule has 1 aromatic heterocycles. The summed E-state index contributed by atoms with van der Waals surface area (Å²) < 4.78 is 3.93. The maximum atomic E-state index is 11.2. The van der Waals surface area contributed by atoms with E-state index in [0.29, 0.717) is 10.6 Å². The number of rotatable bonds is 9. The van der Waals surface area contributed by atoms with Crippen LogP contribution in [0, 0.1) is 0 Å². The van der Waals surface area contributed by atoms with E-state index in [-0.39, 0.29) is 5.82 Å². The predicted molar refractivity (Wildman–Crippen MR) is 80.4 cm³/mol. The first-order valence-electron chi connectivity index (χ1n) is 5.94. The van der Waals surface area contributed by atoms with Gasteiger partial charge in [0.05, 0.1) is 0 Å². The fraction of sp³-hybridized carbons (Fsp3) is 0.636. The van der Waals surface area contributed by atoms with Gasteiger partial charge in [-0.25, -0.2) is 0 Å². The zero-order valence-electron chi connectivity index (χ0n) is 10.6. The number of aromatic nitrogens is 1. The van der Waals surface area contributed by atoms with Gasteiger partial charge in [0.2, 0.25) is 0 Å². The van der Waals surface area contributed by atoms with Crippen molar-refractivity contribution in [3.8, 4) is 0 Å². The van der Waals surface area contributed by atoms with Crippen LogP contribution in [0.25, 0.3) is 0 Å². The first-order chi connectivity index (χ1) is 8.66. The predicted octanol–water partition coefficient (Wildman–Crippen LogP) is 2.16. The third-order valence-electron chi connectivity index (χ3n) is 2.53. The standard InChI is InChI=1S/C11H20N4OS2/c1-17-7-5-3-2-4-6-14-11-8(10(13)16)9(12)15-18-11/h14H,2-7H2,1H3,(H2,12,15)(H2,13,16). The molecule has 7 heteroatoms. The highest BCUT2D eigenvalue weighted by Crippen LogP contribution is 2.26. The van der Waals surface area contributed by atoms with E-state index in [9.17, 15) is 4.79 Å². The number of nitrogen functional groups attached to an aromatic ring is 1. The van der Waals surface area contributed by atoms with Gasteiger partial charge in [-0.2, -0.15) is 16.1 Å². The molecule has 1 heterocycles. The van der Waals surface area contributed by atoms with Gasteiger partial charge in [0.25, 0.3) is 5.91 Å². The number of unbranched alkanes of at least 4 members (excludes halogenated alkanes) is 3. The summed E-state index contributed by atoms with van der Waals surface area (Å²) in [4.78, 5) is 11.2. The number of hydrogen-bond acceptors (Lipinski definition) is 6. The van der Waals surface area contributed by atoms with Crippen molar-refractivity contribution >= 4 is 40.0 Å². The number of thioether (sulfide) groups is 1. The lowest BCUT2D eigenvalue weighted by molar-refractivity contribution is 0.100. The molecule has 18 heavy (non-hydrogen) atoms. The minimum absolute atomic E-state index is 0.218. The molecule has 1 amide bonds. The van der Waals surface area contributed by atoms with Gasteiger partial charge < -0.3 is 16.8 Å². The number of nitrogens with one attached hydrogen (secondary N) is 1. The van der Waals surface area contributed by atoms with Crippen LogP contribution in [0.1, 0.15) is 36.0 Å². The van der Waals surface area contributed by atoms with Gasteiger partial charge in [0.1, 0.15) is 10.6 Å². The number of nitrogens with two attached hydrogens (primary N) is 2. The van der Waals surface area contributed by atoms with Crippen molar-refractivity contribution in [3.63, 3.8) is 0 Å².